The van der Waals surface area contributed by atoms with E-state index in [0.29, 0.717) is 17.7 Å². The van der Waals surface area contributed by atoms with Gasteiger partial charge in [0.05, 0.1) is 24.7 Å². The third kappa shape index (κ3) is 4.61. The summed E-state index contributed by atoms with van der Waals surface area (Å²) in [4.78, 5) is 4.77. The van der Waals surface area contributed by atoms with Gasteiger partial charge in [-0.2, -0.15) is 4.68 Å². The summed E-state index contributed by atoms with van der Waals surface area (Å²) in [6.07, 6.45) is 8.72. The van der Waals surface area contributed by atoms with Crippen molar-refractivity contribution in [1.29, 1.82) is 0 Å². The lowest BCUT2D eigenvalue weighted by Gasteiger charge is -2.22. The van der Waals surface area contributed by atoms with Crippen molar-refractivity contribution in [3.63, 3.8) is 0 Å². The van der Waals surface area contributed by atoms with Gasteiger partial charge in [0.2, 0.25) is 6.33 Å². The van der Waals surface area contributed by atoms with Crippen molar-refractivity contribution in [3.8, 4) is 39.8 Å². The Morgan fingerprint density at radius 3 is 2.21 bits per heavy atom. The van der Waals surface area contributed by atoms with E-state index in [0.717, 1.165) is 34.1 Å². The largest absolute Gasteiger partial charge is 0.481 e. The van der Waals surface area contributed by atoms with Crippen molar-refractivity contribution >= 4 is 5.84 Å². The maximum absolute atomic E-state index is 6.33. The second kappa shape index (κ2) is 9.91. The minimum absolute atomic E-state index is 0.384. The van der Waals surface area contributed by atoms with Gasteiger partial charge in [-0.1, -0.05) is 75.3 Å². The Balaban J connectivity index is 1.35. The molecular formula is C32H31N5O2. The van der Waals surface area contributed by atoms with Gasteiger partial charge in [0.25, 0.3) is 0 Å². The van der Waals surface area contributed by atoms with Gasteiger partial charge in [-0.3, -0.25) is 4.57 Å². The maximum atomic E-state index is 6.33. The molecule has 0 saturated heterocycles. The van der Waals surface area contributed by atoms with E-state index in [2.05, 4.69) is 74.2 Å². The fourth-order valence-electron chi connectivity index (χ4n) is 5.02. The van der Waals surface area contributed by atoms with Gasteiger partial charge in [-0.05, 0) is 52.8 Å². The third-order valence-electron chi connectivity index (χ3n) is 6.87. The lowest BCUT2D eigenvalue weighted by molar-refractivity contribution is -0.731. The summed E-state index contributed by atoms with van der Waals surface area (Å²) in [5.74, 6) is 3.59. The van der Waals surface area contributed by atoms with Gasteiger partial charge in [0.1, 0.15) is 17.3 Å². The van der Waals surface area contributed by atoms with Crippen LogP contribution in [0, 0.1) is 6.33 Å². The Kier molecular flexibility index (Phi) is 6.27. The van der Waals surface area contributed by atoms with Crippen LogP contribution in [0.3, 0.4) is 0 Å². The minimum atomic E-state index is 0.384. The average molecular weight is 518 g/mol. The number of nitrogens with zero attached hydrogens (tertiary/aromatic N) is 5. The number of hydrogen-bond donors (Lipinski definition) is 0. The molecular weight excluding hydrogens is 486 g/mol. The zero-order valence-corrected chi connectivity index (χ0v) is 22.8. The lowest BCUT2D eigenvalue weighted by atomic mass is 9.92. The molecule has 3 aromatic carbocycles. The number of aromatic nitrogens is 5. The zero-order valence-electron chi connectivity index (χ0n) is 22.8. The number of rotatable bonds is 7. The summed E-state index contributed by atoms with van der Waals surface area (Å²) >= 11 is 0. The van der Waals surface area contributed by atoms with Crippen LogP contribution in [-0.4, -0.2) is 19.1 Å². The molecule has 0 fully saturated rings. The molecule has 196 valence electrons. The number of benzene rings is 3. The Bertz CT molecular complexity index is 1750. The van der Waals surface area contributed by atoms with E-state index in [4.69, 9.17) is 14.1 Å². The number of para-hydroxylation sites is 1. The number of ether oxygens (including phenoxy) is 1. The fraction of sp³-hybridized carbons (Fsp3) is 0.219. The van der Waals surface area contributed by atoms with Crippen LogP contribution in [0.1, 0.15) is 50.7 Å². The first kappa shape index (κ1) is 24.7. The normalized spacial score (nSPS) is 11.7. The number of imidazole rings is 1. The topological polar surface area (TPSA) is 61.4 Å². The van der Waals surface area contributed by atoms with Crippen molar-refractivity contribution in [1.82, 2.24) is 19.1 Å². The highest BCUT2D eigenvalue weighted by atomic mass is 16.5. The molecule has 0 aliphatic rings. The van der Waals surface area contributed by atoms with Gasteiger partial charge in [-0.15, -0.1) is 0 Å². The standard InChI is InChI=1S/C32H31N5O2/c1-21(2)27-13-8-14-28(22(3)4)30(27)36-16-15-33-31(36)24-10-7-12-26(18-24)39-25-11-6-9-23(17-25)29-19-38-32-34-35(5)20-37(29)32/h6-19,21-22H,1-5H3. The molecule has 0 aliphatic heterocycles. The van der Waals surface area contributed by atoms with Gasteiger partial charge in [0.15, 0.2) is 0 Å². The van der Waals surface area contributed by atoms with E-state index in [-0.39, 0.29) is 0 Å². The molecule has 0 atom stereocenters. The van der Waals surface area contributed by atoms with E-state index in [1.54, 1.807) is 15.3 Å². The van der Waals surface area contributed by atoms with E-state index >= 15 is 0 Å². The zero-order chi connectivity index (χ0) is 27.1. The number of fused-ring (bicyclic) bond motifs is 1. The van der Waals surface area contributed by atoms with Crippen LogP contribution in [0.25, 0.3) is 34.2 Å². The minimum Gasteiger partial charge on any atom is -0.481 e. The predicted molar refractivity (Wildman–Crippen MR) is 150 cm³/mol. The molecule has 0 unspecified atom stereocenters. The van der Waals surface area contributed by atoms with Crippen molar-refractivity contribution in [2.45, 2.75) is 39.5 Å². The summed E-state index contributed by atoms with van der Waals surface area (Å²) in [5, 5.41) is 4.26. The van der Waals surface area contributed by atoms with Gasteiger partial charge < -0.3 is 13.6 Å². The van der Waals surface area contributed by atoms with Crippen molar-refractivity contribution in [2.24, 2.45) is 7.05 Å². The first-order valence-corrected chi connectivity index (χ1v) is 13.2. The molecule has 0 radical (unpaired) electrons. The first-order chi connectivity index (χ1) is 18.9. The number of hydrogen-bond acceptors (Lipinski definition) is 4. The average Bonchev–Trinajstić information content (AvgIpc) is 3.64. The first-order valence-electron chi connectivity index (χ1n) is 13.2. The van der Waals surface area contributed by atoms with Crippen molar-refractivity contribution in [3.05, 3.63) is 103 Å². The van der Waals surface area contributed by atoms with Crippen LogP contribution in [-0.2, 0) is 7.05 Å². The molecule has 39 heavy (non-hydrogen) atoms. The fourth-order valence-corrected chi connectivity index (χ4v) is 5.02. The Morgan fingerprint density at radius 2 is 1.51 bits per heavy atom. The molecule has 0 N–H and O–H groups in total. The summed E-state index contributed by atoms with van der Waals surface area (Å²) in [6, 6.07) is 22.6. The molecule has 7 nitrogen and oxygen atoms in total. The van der Waals surface area contributed by atoms with Crippen LogP contribution in [0.5, 0.6) is 11.5 Å². The molecule has 6 rings (SSSR count). The van der Waals surface area contributed by atoms with Crippen LogP contribution >= 0.6 is 0 Å². The van der Waals surface area contributed by atoms with E-state index in [9.17, 15) is 0 Å². The lowest BCUT2D eigenvalue weighted by Crippen LogP contribution is -2.29. The van der Waals surface area contributed by atoms with Crippen molar-refractivity contribution in [2.75, 3.05) is 0 Å². The Labute approximate surface area is 227 Å². The summed E-state index contributed by atoms with van der Waals surface area (Å²) in [5.41, 5.74) is 6.61. The Hall–Kier alpha value is -4.65. The highest BCUT2D eigenvalue weighted by molar-refractivity contribution is 5.65. The van der Waals surface area contributed by atoms with Crippen LogP contribution in [0.15, 0.2) is 89.8 Å². The number of aryl methyl sites for hydroxylation is 1. The molecule has 0 saturated carbocycles. The highest BCUT2D eigenvalue weighted by Gasteiger charge is 2.19. The molecule has 0 bridgehead atoms. The second-order valence-corrected chi connectivity index (χ2v) is 10.3. The summed E-state index contributed by atoms with van der Waals surface area (Å²) in [7, 11) is 1.81. The highest BCUT2D eigenvalue weighted by Crippen LogP contribution is 2.35. The molecule has 0 aliphatic carbocycles. The van der Waals surface area contributed by atoms with Crippen LogP contribution in [0.4, 0.5) is 0 Å². The third-order valence-corrected chi connectivity index (χ3v) is 6.87. The quantitative estimate of drug-likeness (QED) is 0.167. The van der Waals surface area contributed by atoms with Gasteiger partial charge >= 0.3 is 5.84 Å². The summed E-state index contributed by atoms with van der Waals surface area (Å²) in [6.45, 7) is 8.95. The predicted octanol–water partition coefficient (Wildman–Crippen LogP) is 7.11. The monoisotopic (exact) mass is 517 g/mol. The van der Waals surface area contributed by atoms with Crippen molar-refractivity contribution < 1.29 is 13.8 Å². The molecule has 3 aromatic heterocycles. The van der Waals surface area contributed by atoms with E-state index in [1.165, 1.54) is 16.8 Å². The van der Waals surface area contributed by atoms with Gasteiger partial charge in [0, 0.05) is 18.0 Å². The molecule has 7 heteroatoms. The molecule has 0 spiro atoms. The molecule has 6 aromatic rings. The van der Waals surface area contributed by atoms with Crippen LogP contribution < -0.4 is 9.42 Å². The number of oxazole rings is 1. The van der Waals surface area contributed by atoms with Gasteiger partial charge in [-0.25, -0.2) is 4.98 Å². The van der Waals surface area contributed by atoms with Crippen LogP contribution in [0.2, 0.25) is 0 Å². The van der Waals surface area contributed by atoms with E-state index in [1.807, 2.05) is 55.7 Å². The maximum Gasteiger partial charge on any atom is 0.320 e. The van der Waals surface area contributed by atoms with E-state index < -0.39 is 0 Å². The molecule has 3 heterocycles. The second-order valence-electron chi connectivity index (χ2n) is 10.3. The summed E-state index contributed by atoms with van der Waals surface area (Å²) < 4.78 is 17.5. The molecule has 0 amide bonds. The Morgan fingerprint density at radius 1 is 0.872 bits per heavy atom. The smallest absolute Gasteiger partial charge is 0.320 e. The SMILES string of the molecule is CC(C)c1cccc(C(C)C)c1-n1ccnc1-c1cccc(Oc2cccc(-c3coc4n[n+](C)[c-]n34)c2)c1.